The van der Waals surface area contributed by atoms with Gasteiger partial charge < -0.3 is 24.7 Å². The highest BCUT2D eigenvalue weighted by molar-refractivity contribution is 6.48. The van der Waals surface area contributed by atoms with Gasteiger partial charge in [0.05, 0.1) is 42.8 Å². The van der Waals surface area contributed by atoms with Crippen LogP contribution < -0.4 is 15.4 Å². The number of aromatic nitrogens is 1. The van der Waals surface area contributed by atoms with Gasteiger partial charge in [0.2, 0.25) is 5.91 Å². The molecule has 4 aliphatic rings. The van der Waals surface area contributed by atoms with Gasteiger partial charge in [0.15, 0.2) is 0 Å². The van der Waals surface area contributed by atoms with Crippen molar-refractivity contribution in [2.24, 2.45) is 17.3 Å². The number of rotatable bonds is 10. The summed E-state index contributed by atoms with van der Waals surface area (Å²) in [6.07, 6.45) is 5.42. The Bertz CT molecular complexity index is 1510. The number of halogens is 1. The largest absolute Gasteiger partial charge is 0.497 e. The fourth-order valence-electron chi connectivity index (χ4n) is 7.46. The van der Waals surface area contributed by atoms with E-state index in [9.17, 15) is 14.0 Å². The third-order valence-corrected chi connectivity index (χ3v) is 10.1. The zero-order valence-corrected chi connectivity index (χ0v) is 25.6. The summed E-state index contributed by atoms with van der Waals surface area (Å²) < 4.78 is 32.4. The van der Waals surface area contributed by atoms with Crippen molar-refractivity contribution in [3.63, 3.8) is 0 Å². The maximum absolute atomic E-state index is 13.8. The second-order valence-electron chi connectivity index (χ2n) is 13.1. The number of carbonyl (C=O) groups is 2. The Balaban J connectivity index is 1.23. The molecule has 2 heterocycles. The molecule has 2 amide bonds. The quantitative estimate of drug-likeness (QED) is 0.316. The van der Waals surface area contributed by atoms with Gasteiger partial charge in [-0.25, -0.2) is 4.39 Å². The number of pyridine rings is 1. The van der Waals surface area contributed by atoms with Gasteiger partial charge in [-0.15, -0.1) is 0 Å². The summed E-state index contributed by atoms with van der Waals surface area (Å²) in [6.45, 7) is 6.75. The average Bonchev–Trinajstić information content (AvgIpc) is 3.39. The van der Waals surface area contributed by atoms with Gasteiger partial charge in [-0.3, -0.25) is 14.6 Å². The van der Waals surface area contributed by atoms with Crippen LogP contribution in [-0.4, -0.2) is 48.7 Å². The Hall–Kier alpha value is -3.76. The molecule has 10 heteroatoms. The van der Waals surface area contributed by atoms with Gasteiger partial charge in [-0.2, -0.15) is 0 Å². The fourth-order valence-corrected chi connectivity index (χ4v) is 7.46. The SMILES string of the molecule is COc1cccc(C(CC(=O)N[C@@H](Cc2ccc(F)cc2)B2O[C@@H]3C[C@@H]4C[C@@H](C4(C)C)[C@]3(C)O2)NC(=O)c2cccnc2)c1. The number of ether oxygens (including phenoxy) is 1. The van der Waals surface area contributed by atoms with Crippen molar-refractivity contribution < 1.29 is 28.0 Å². The Morgan fingerprint density at radius 2 is 1.89 bits per heavy atom. The van der Waals surface area contributed by atoms with Crippen LogP contribution in [0.2, 0.25) is 0 Å². The first-order valence-corrected chi connectivity index (χ1v) is 15.3. The number of hydrogen-bond donors (Lipinski definition) is 2. The molecule has 3 aliphatic carbocycles. The second kappa shape index (κ2) is 12.0. The first kappa shape index (κ1) is 30.3. The van der Waals surface area contributed by atoms with Gasteiger partial charge >= 0.3 is 7.12 Å². The molecule has 1 aliphatic heterocycles. The van der Waals surface area contributed by atoms with E-state index in [4.69, 9.17) is 14.0 Å². The third-order valence-electron chi connectivity index (χ3n) is 10.1. The molecule has 6 atom stereocenters. The monoisotopic (exact) mass is 599 g/mol. The Morgan fingerprint density at radius 1 is 1.09 bits per heavy atom. The lowest BCUT2D eigenvalue weighted by atomic mass is 9.43. The van der Waals surface area contributed by atoms with E-state index in [0.29, 0.717) is 29.6 Å². The highest BCUT2D eigenvalue weighted by atomic mass is 19.1. The van der Waals surface area contributed by atoms with Crippen LogP contribution in [0.5, 0.6) is 5.75 Å². The van der Waals surface area contributed by atoms with Crippen molar-refractivity contribution in [2.75, 3.05) is 7.11 Å². The molecule has 1 saturated heterocycles. The normalized spacial score (nSPS) is 26.1. The van der Waals surface area contributed by atoms with Gasteiger partial charge in [0.1, 0.15) is 11.6 Å². The molecule has 1 unspecified atom stereocenters. The molecule has 230 valence electrons. The van der Waals surface area contributed by atoms with Crippen molar-refractivity contribution in [2.45, 2.75) is 70.1 Å². The fraction of sp³-hybridized carbons (Fsp3) is 0.441. The van der Waals surface area contributed by atoms with Gasteiger partial charge in [-0.05, 0) is 91.0 Å². The molecular formula is C34H39BFN3O5. The number of hydrogen-bond acceptors (Lipinski definition) is 6. The molecule has 1 aromatic heterocycles. The maximum atomic E-state index is 13.8. The Labute approximate surface area is 258 Å². The zero-order valence-electron chi connectivity index (χ0n) is 25.6. The lowest BCUT2D eigenvalue weighted by molar-refractivity contribution is -0.199. The molecule has 3 saturated carbocycles. The number of nitrogens with one attached hydrogen (secondary N) is 2. The predicted octanol–water partition coefficient (Wildman–Crippen LogP) is 5.09. The van der Waals surface area contributed by atoms with Gasteiger partial charge in [0.25, 0.3) is 5.91 Å². The van der Waals surface area contributed by atoms with Gasteiger partial charge in [-0.1, -0.05) is 38.1 Å². The predicted molar refractivity (Wildman–Crippen MR) is 164 cm³/mol. The van der Waals surface area contributed by atoms with Crippen LogP contribution in [0.1, 0.15) is 67.6 Å². The van der Waals surface area contributed by atoms with E-state index in [1.54, 1.807) is 43.6 Å². The van der Waals surface area contributed by atoms with Crippen molar-refractivity contribution in [3.05, 3.63) is 95.6 Å². The average molecular weight is 600 g/mol. The molecule has 4 fully saturated rings. The first-order chi connectivity index (χ1) is 21.1. The molecule has 2 N–H and O–H groups in total. The Morgan fingerprint density at radius 3 is 2.59 bits per heavy atom. The molecule has 3 aromatic rings. The second-order valence-corrected chi connectivity index (χ2v) is 13.1. The Kier molecular flexibility index (Phi) is 8.24. The number of benzene rings is 2. The van der Waals surface area contributed by atoms with Gasteiger partial charge in [0, 0.05) is 12.4 Å². The molecule has 44 heavy (non-hydrogen) atoms. The van der Waals surface area contributed by atoms with E-state index < -0.39 is 24.7 Å². The molecule has 2 aromatic carbocycles. The summed E-state index contributed by atoms with van der Waals surface area (Å²) in [7, 11) is 0.897. The molecule has 8 nitrogen and oxygen atoms in total. The highest BCUT2D eigenvalue weighted by Crippen LogP contribution is 2.65. The van der Waals surface area contributed by atoms with E-state index in [2.05, 4.69) is 36.4 Å². The molecule has 7 rings (SSSR count). The van der Waals surface area contributed by atoms with E-state index in [-0.39, 0.29) is 35.6 Å². The van der Waals surface area contributed by atoms with Crippen LogP contribution in [0, 0.1) is 23.1 Å². The third kappa shape index (κ3) is 5.85. The standard InChI is InChI=1S/C34H39BFN3O5/c1-33(2)24-17-28(33)34(3)29(18-24)43-35(44-34)30(15-21-10-12-25(36)13-11-21)39-31(40)19-27(22-7-5-9-26(16-22)42-4)38-32(41)23-8-6-14-37-20-23/h5-14,16,20,24,27-30H,15,17-19H2,1-4H3,(H,38,41)(H,39,40)/t24-,27?,28-,29+,30-,34-/m0/s1. The van der Waals surface area contributed by atoms with Crippen molar-refractivity contribution >= 4 is 18.9 Å². The summed E-state index contributed by atoms with van der Waals surface area (Å²) >= 11 is 0. The molecular weight excluding hydrogens is 560 g/mol. The summed E-state index contributed by atoms with van der Waals surface area (Å²) in [5.74, 6) is 0.0825. The summed E-state index contributed by atoms with van der Waals surface area (Å²) in [4.78, 5) is 31.0. The topological polar surface area (TPSA) is 98.8 Å². The molecule has 2 bridgehead atoms. The summed E-state index contributed by atoms with van der Waals surface area (Å²) in [6, 6.07) is 16.2. The van der Waals surface area contributed by atoms with Crippen LogP contribution >= 0.6 is 0 Å². The van der Waals surface area contributed by atoms with E-state index in [1.807, 2.05) is 18.2 Å². The van der Waals surface area contributed by atoms with Crippen LogP contribution in [0.3, 0.4) is 0 Å². The van der Waals surface area contributed by atoms with Crippen molar-refractivity contribution in [3.8, 4) is 5.75 Å². The van der Waals surface area contributed by atoms with Crippen molar-refractivity contribution in [1.29, 1.82) is 0 Å². The lowest BCUT2D eigenvalue weighted by Gasteiger charge is -2.64. The van der Waals surface area contributed by atoms with Crippen LogP contribution in [0.4, 0.5) is 4.39 Å². The van der Waals surface area contributed by atoms with E-state index >= 15 is 0 Å². The molecule has 0 radical (unpaired) electrons. The van der Waals surface area contributed by atoms with Crippen LogP contribution in [-0.2, 0) is 20.5 Å². The highest BCUT2D eigenvalue weighted by Gasteiger charge is 2.68. The number of nitrogens with zero attached hydrogens (tertiary/aromatic N) is 1. The van der Waals surface area contributed by atoms with Crippen molar-refractivity contribution in [1.82, 2.24) is 15.6 Å². The van der Waals surface area contributed by atoms with E-state index in [0.717, 1.165) is 24.0 Å². The number of amides is 2. The summed E-state index contributed by atoms with van der Waals surface area (Å²) in [5.41, 5.74) is 1.69. The minimum absolute atomic E-state index is 0.0375. The minimum Gasteiger partial charge on any atom is -0.497 e. The zero-order chi connectivity index (χ0) is 31.1. The summed E-state index contributed by atoms with van der Waals surface area (Å²) in [5, 5.41) is 6.16. The number of carbonyl (C=O) groups excluding carboxylic acids is 2. The maximum Gasteiger partial charge on any atom is 0.482 e. The smallest absolute Gasteiger partial charge is 0.482 e. The van der Waals surface area contributed by atoms with E-state index in [1.165, 1.54) is 18.3 Å². The minimum atomic E-state index is -0.672. The molecule has 0 spiro atoms. The number of methoxy groups -OCH3 is 1. The van der Waals surface area contributed by atoms with Crippen LogP contribution in [0.15, 0.2) is 73.1 Å². The first-order valence-electron chi connectivity index (χ1n) is 15.3. The lowest BCUT2D eigenvalue weighted by Crippen LogP contribution is -2.65. The van der Waals surface area contributed by atoms with Crippen LogP contribution in [0.25, 0.3) is 0 Å².